The summed E-state index contributed by atoms with van der Waals surface area (Å²) in [5.41, 5.74) is 0. The third-order valence-corrected chi connectivity index (χ3v) is 5.35. The minimum atomic E-state index is -0.787. The zero-order valence-electron chi connectivity index (χ0n) is 8.80. The van der Waals surface area contributed by atoms with Gasteiger partial charge in [-0.1, -0.05) is 25.9 Å². The summed E-state index contributed by atoms with van der Waals surface area (Å²) in [7, 11) is -0.787. The Hall–Kier alpha value is 0.137. The minimum absolute atomic E-state index is 0.148. The van der Waals surface area contributed by atoms with Crippen LogP contribution >= 0.6 is 0 Å². The number of hydrogen-bond donors (Lipinski definition) is 0. The van der Waals surface area contributed by atoms with Crippen molar-refractivity contribution in [2.24, 2.45) is 0 Å². The molecule has 0 amide bonds. The first kappa shape index (κ1) is 12.1. The van der Waals surface area contributed by atoms with E-state index in [4.69, 9.17) is 9.47 Å². The van der Waals surface area contributed by atoms with Crippen molar-refractivity contribution < 1.29 is 9.47 Å². The van der Waals surface area contributed by atoms with E-state index >= 15 is 0 Å². The van der Waals surface area contributed by atoms with E-state index in [9.17, 15) is 0 Å². The van der Waals surface area contributed by atoms with Crippen molar-refractivity contribution in [2.75, 3.05) is 13.2 Å². The molecule has 12 heavy (non-hydrogen) atoms. The van der Waals surface area contributed by atoms with Crippen LogP contribution in [-0.2, 0) is 9.47 Å². The lowest BCUT2D eigenvalue weighted by atomic mass is 10.8. The van der Waals surface area contributed by atoms with Gasteiger partial charge < -0.3 is 9.47 Å². The van der Waals surface area contributed by atoms with E-state index in [2.05, 4.69) is 13.8 Å². The summed E-state index contributed by atoms with van der Waals surface area (Å²) >= 11 is 0. The average Bonchev–Trinajstić information content (AvgIpc) is 2.07. The van der Waals surface area contributed by atoms with Crippen LogP contribution in [0.2, 0.25) is 12.1 Å². The Morgan fingerprint density at radius 2 is 1.33 bits per heavy atom. The smallest absolute Gasteiger partial charge is 0.138 e. The Kier molecular flexibility index (Phi) is 7.86. The van der Waals surface area contributed by atoms with E-state index < -0.39 is 8.80 Å². The molecule has 0 bridgehead atoms. The molecule has 0 atom stereocenters. The van der Waals surface area contributed by atoms with Gasteiger partial charge in [-0.05, 0) is 13.8 Å². The van der Waals surface area contributed by atoms with Gasteiger partial charge in [-0.2, -0.15) is 0 Å². The van der Waals surface area contributed by atoms with Crippen molar-refractivity contribution in [3.8, 4) is 0 Å². The maximum atomic E-state index is 5.57. The molecule has 0 heterocycles. The summed E-state index contributed by atoms with van der Waals surface area (Å²) < 4.78 is 11.1. The van der Waals surface area contributed by atoms with Crippen molar-refractivity contribution >= 4 is 8.80 Å². The monoisotopic (exact) mass is 190 g/mol. The van der Waals surface area contributed by atoms with E-state index in [1.807, 2.05) is 13.8 Å². The molecule has 0 aromatic heterocycles. The third kappa shape index (κ3) is 4.23. The Balaban J connectivity index is 3.86. The van der Waals surface area contributed by atoms with Crippen molar-refractivity contribution in [2.45, 2.75) is 45.7 Å². The second kappa shape index (κ2) is 7.77. The Morgan fingerprint density at radius 1 is 0.917 bits per heavy atom. The zero-order valence-corrected chi connectivity index (χ0v) is 9.95. The molecule has 0 rings (SSSR count). The van der Waals surface area contributed by atoms with Gasteiger partial charge in [0.15, 0.2) is 0 Å². The van der Waals surface area contributed by atoms with Gasteiger partial charge in [0.1, 0.15) is 14.7 Å². The lowest BCUT2D eigenvalue weighted by Crippen LogP contribution is -2.34. The van der Waals surface area contributed by atoms with Gasteiger partial charge in [-0.3, -0.25) is 0 Å². The summed E-state index contributed by atoms with van der Waals surface area (Å²) in [6, 6.07) is 2.53. The van der Waals surface area contributed by atoms with Crippen LogP contribution in [0, 0.1) is 0 Å². The van der Waals surface area contributed by atoms with Crippen LogP contribution in [0.1, 0.15) is 27.7 Å². The molecule has 2 nitrogen and oxygen atoms in total. The van der Waals surface area contributed by atoms with E-state index in [1.54, 1.807) is 0 Å². The van der Waals surface area contributed by atoms with Crippen LogP contribution in [0.4, 0.5) is 0 Å². The quantitative estimate of drug-likeness (QED) is 0.452. The summed E-state index contributed by atoms with van der Waals surface area (Å²) in [5.74, 6) is 0.148. The van der Waals surface area contributed by atoms with Crippen LogP contribution in [0.5, 0.6) is 0 Å². The van der Waals surface area contributed by atoms with Crippen molar-refractivity contribution in [3.63, 3.8) is 0 Å². The van der Waals surface area contributed by atoms with Gasteiger partial charge in [0.2, 0.25) is 0 Å². The Bertz CT molecular complexity index is 88.5. The van der Waals surface area contributed by atoms with E-state index in [-0.39, 0.29) is 5.91 Å². The lowest BCUT2D eigenvalue weighted by molar-refractivity contribution is -0.0856. The van der Waals surface area contributed by atoms with Gasteiger partial charge in [-0.25, -0.2) is 0 Å². The second-order valence-electron chi connectivity index (χ2n) is 2.86. The summed E-state index contributed by atoms with van der Waals surface area (Å²) in [6.45, 7) is 10.1. The van der Waals surface area contributed by atoms with Crippen LogP contribution in [0.3, 0.4) is 0 Å². The highest BCUT2D eigenvalue weighted by Gasteiger charge is 2.19. The van der Waals surface area contributed by atoms with E-state index in [0.717, 1.165) is 13.2 Å². The number of rotatable bonds is 7. The maximum absolute atomic E-state index is 5.57. The molecule has 0 aliphatic heterocycles. The molecule has 0 unspecified atom stereocenters. The van der Waals surface area contributed by atoms with Crippen LogP contribution in [0.25, 0.3) is 0 Å². The molecule has 0 aromatic rings. The summed E-state index contributed by atoms with van der Waals surface area (Å²) in [4.78, 5) is 0. The van der Waals surface area contributed by atoms with Gasteiger partial charge in [0.25, 0.3) is 0 Å². The topological polar surface area (TPSA) is 18.5 Å². The van der Waals surface area contributed by atoms with E-state index in [1.165, 1.54) is 12.1 Å². The van der Waals surface area contributed by atoms with E-state index in [0.29, 0.717) is 0 Å². The largest absolute Gasteiger partial charge is 0.357 e. The normalized spacial score (nSPS) is 11.5. The second-order valence-corrected chi connectivity index (χ2v) is 6.55. The molecule has 0 saturated carbocycles. The third-order valence-electron chi connectivity index (χ3n) is 2.10. The highest BCUT2D eigenvalue weighted by molar-refractivity contribution is 6.59. The molecule has 3 heteroatoms. The Labute approximate surface area is 77.9 Å². The van der Waals surface area contributed by atoms with Gasteiger partial charge in [0.05, 0.1) is 0 Å². The molecule has 0 aliphatic carbocycles. The summed E-state index contributed by atoms with van der Waals surface area (Å²) in [5, 5.41) is 0. The molecule has 0 spiro atoms. The molecule has 0 fully saturated rings. The first-order chi connectivity index (χ1) is 5.79. The highest BCUT2D eigenvalue weighted by Crippen LogP contribution is 2.09. The standard InChI is InChI=1S/C9H22O2Si/c1-5-10-9(11-6-2)12(7-3)8-4/h9,12H,5-8H2,1-4H3. The minimum Gasteiger partial charge on any atom is -0.357 e. The lowest BCUT2D eigenvalue weighted by Gasteiger charge is -2.23. The average molecular weight is 190 g/mol. The van der Waals surface area contributed by atoms with Crippen LogP contribution < -0.4 is 0 Å². The maximum Gasteiger partial charge on any atom is 0.138 e. The molecule has 0 aromatic carbocycles. The number of hydrogen-bond acceptors (Lipinski definition) is 2. The van der Waals surface area contributed by atoms with Gasteiger partial charge in [-0.15, -0.1) is 0 Å². The van der Waals surface area contributed by atoms with Crippen LogP contribution in [-0.4, -0.2) is 27.9 Å². The molecule has 74 valence electrons. The van der Waals surface area contributed by atoms with Gasteiger partial charge >= 0.3 is 0 Å². The fraction of sp³-hybridized carbons (Fsp3) is 1.00. The molecule has 0 aliphatic rings. The van der Waals surface area contributed by atoms with Gasteiger partial charge in [0, 0.05) is 13.2 Å². The first-order valence-electron chi connectivity index (χ1n) is 5.03. The van der Waals surface area contributed by atoms with Crippen molar-refractivity contribution in [1.29, 1.82) is 0 Å². The highest BCUT2D eigenvalue weighted by atomic mass is 28.3. The molecule has 0 N–H and O–H groups in total. The fourth-order valence-corrected chi connectivity index (χ4v) is 3.60. The van der Waals surface area contributed by atoms with Crippen LogP contribution in [0.15, 0.2) is 0 Å². The molecule has 0 saturated heterocycles. The molecule has 0 radical (unpaired) electrons. The predicted octanol–water partition coefficient (Wildman–Crippen LogP) is 2.19. The first-order valence-corrected chi connectivity index (χ1v) is 7.33. The SMILES string of the molecule is CCOC(OCC)[SiH](CC)CC. The summed E-state index contributed by atoms with van der Waals surface area (Å²) in [6.07, 6.45) is 0. The number of ether oxygens (including phenoxy) is 2. The van der Waals surface area contributed by atoms with Crippen molar-refractivity contribution in [3.05, 3.63) is 0 Å². The molecular weight excluding hydrogens is 168 g/mol. The molecular formula is C9H22O2Si. The van der Waals surface area contributed by atoms with Crippen molar-refractivity contribution in [1.82, 2.24) is 0 Å². The fourth-order valence-electron chi connectivity index (χ4n) is 1.32. The Morgan fingerprint density at radius 3 is 1.58 bits per heavy atom. The zero-order chi connectivity index (χ0) is 9.40. The predicted molar refractivity (Wildman–Crippen MR) is 55.2 cm³/mol.